The number of hydrogen-bond acceptors (Lipinski definition) is 2. The van der Waals surface area contributed by atoms with Crippen LogP contribution in [-0.4, -0.2) is 12.6 Å². The van der Waals surface area contributed by atoms with E-state index in [-0.39, 0.29) is 17.3 Å². The first-order valence-electron chi connectivity index (χ1n) is 6.10. The van der Waals surface area contributed by atoms with E-state index in [0.29, 0.717) is 11.3 Å². The Morgan fingerprint density at radius 3 is 2.53 bits per heavy atom. The molecule has 2 rings (SSSR count). The van der Waals surface area contributed by atoms with Crippen LogP contribution in [0, 0.1) is 5.82 Å². The van der Waals surface area contributed by atoms with Gasteiger partial charge in [0.25, 0.3) is 0 Å². The first kappa shape index (κ1) is 12.4. The molecule has 0 amide bonds. The van der Waals surface area contributed by atoms with Gasteiger partial charge in [0, 0.05) is 11.1 Å². The second-order valence-corrected chi connectivity index (χ2v) is 5.39. The Bertz CT molecular complexity index is 424. The summed E-state index contributed by atoms with van der Waals surface area (Å²) in [4.78, 5) is 0. The molecule has 2 N–H and O–H groups in total. The van der Waals surface area contributed by atoms with Crippen molar-refractivity contribution in [3.63, 3.8) is 0 Å². The van der Waals surface area contributed by atoms with Gasteiger partial charge in [0.15, 0.2) is 0 Å². The Balaban J connectivity index is 2.34. The highest BCUT2D eigenvalue weighted by molar-refractivity contribution is 5.41. The summed E-state index contributed by atoms with van der Waals surface area (Å²) >= 11 is 0. The second kappa shape index (κ2) is 4.30. The monoisotopic (exact) mass is 237 g/mol. The molecule has 1 aromatic rings. The predicted octanol–water partition coefficient (Wildman–Crippen LogP) is 2.99. The van der Waals surface area contributed by atoms with Gasteiger partial charge in [-0.2, -0.15) is 0 Å². The van der Waals surface area contributed by atoms with E-state index in [1.165, 1.54) is 0 Å². The van der Waals surface area contributed by atoms with Gasteiger partial charge in [0.2, 0.25) is 0 Å². The fourth-order valence-electron chi connectivity index (χ4n) is 2.22. The molecule has 0 bridgehead atoms. The number of benzene rings is 1. The van der Waals surface area contributed by atoms with Crippen molar-refractivity contribution >= 4 is 0 Å². The Morgan fingerprint density at radius 1 is 1.41 bits per heavy atom. The topological polar surface area (TPSA) is 35.2 Å². The van der Waals surface area contributed by atoms with Crippen LogP contribution < -0.4 is 10.5 Å². The largest absolute Gasteiger partial charge is 0.496 e. The highest BCUT2D eigenvalue weighted by atomic mass is 19.1. The number of halogens is 1. The molecule has 1 fully saturated rings. The quantitative estimate of drug-likeness (QED) is 0.873. The fourth-order valence-corrected chi connectivity index (χ4v) is 2.22. The lowest BCUT2D eigenvalue weighted by atomic mass is 9.96. The summed E-state index contributed by atoms with van der Waals surface area (Å²) in [5.41, 5.74) is 7.54. The first-order chi connectivity index (χ1) is 7.95. The third-order valence-corrected chi connectivity index (χ3v) is 3.40. The molecule has 17 heavy (non-hydrogen) atoms. The summed E-state index contributed by atoms with van der Waals surface area (Å²) in [7, 11) is 1.58. The number of hydrogen-bond donors (Lipinski definition) is 1. The summed E-state index contributed by atoms with van der Waals surface area (Å²) in [6.45, 7) is 3.93. The lowest BCUT2D eigenvalue weighted by Crippen LogP contribution is -2.24. The fraction of sp³-hybridized carbons (Fsp3) is 0.571. The van der Waals surface area contributed by atoms with Crippen molar-refractivity contribution in [2.45, 2.75) is 44.6 Å². The maximum atomic E-state index is 14.0. The maximum absolute atomic E-state index is 14.0. The predicted molar refractivity (Wildman–Crippen MR) is 66.9 cm³/mol. The van der Waals surface area contributed by atoms with E-state index in [9.17, 15) is 4.39 Å². The summed E-state index contributed by atoms with van der Waals surface area (Å²) in [6.07, 6.45) is 2.80. The van der Waals surface area contributed by atoms with Crippen LogP contribution in [0.3, 0.4) is 0 Å². The minimum Gasteiger partial charge on any atom is -0.496 e. The van der Waals surface area contributed by atoms with Crippen LogP contribution in [0.1, 0.15) is 43.7 Å². The van der Waals surface area contributed by atoms with Crippen molar-refractivity contribution in [1.82, 2.24) is 0 Å². The Hall–Kier alpha value is -1.09. The van der Waals surface area contributed by atoms with Crippen LogP contribution in [0.25, 0.3) is 0 Å². The molecule has 0 spiro atoms. The number of ether oxygens (including phenoxy) is 1. The number of nitrogens with two attached hydrogens (primary N) is 1. The van der Waals surface area contributed by atoms with Crippen LogP contribution in [0.5, 0.6) is 5.75 Å². The van der Waals surface area contributed by atoms with Gasteiger partial charge in [0.1, 0.15) is 11.6 Å². The zero-order valence-corrected chi connectivity index (χ0v) is 10.7. The Morgan fingerprint density at radius 2 is 2.06 bits per heavy atom. The first-order valence-corrected chi connectivity index (χ1v) is 6.10. The van der Waals surface area contributed by atoms with Crippen molar-refractivity contribution in [3.05, 3.63) is 29.1 Å². The van der Waals surface area contributed by atoms with Crippen molar-refractivity contribution < 1.29 is 9.13 Å². The number of rotatable bonds is 4. The number of methoxy groups -OCH3 is 1. The van der Waals surface area contributed by atoms with Gasteiger partial charge >= 0.3 is 0 Å². The summed E-state index contributed by atoms with van der Waals surface area (Å²) < 4.78 is 19.3. The van der Waals surface area contributed by atoms with Gasteiger partial charge in [-0.05, 0) is 42.9 Å². The lowest BCUT2D eigenvalue weighted by molar-refractivity contribution is 0.400. The molecule has 0 aromatic heterocycles. The molecule has 0 radical (unpaired) electrons. The van der Waals surface area contributed by atoms with Gasteiger partial charge in [-0.25, -0.2) is 4.39 Å². The summed E-state index contributed by atoms with van der Waals surface area (Å²) in [5.74, 6) is 0.574. The molecule has 94 valence electrons. The molecule has 1 aromatic carbocycles. The van der Waals surface area contributed by atoms with Gasteiger partial charge in [-0.3, -0.25) is 0 Å². The zero-order chi connectivity index (χ0) is 12.6. The summed E-state index contributed by atoms with van der Waals surface area (Å²) in [5, 5.41) is 0. The lowest BCUT2D eigenvalue weighted by Gasteiger charge is -2.16. The smallest absolute Gasteiger partial charge is 0.130 e. The van der Waals surface area contributed by atoms with Crippen LogP contribution in [0.4, 0.5) is 4.39 Å². The second-order valence-electron chi connectivity index (χ2n) is 5.39. The minimum absolute atomic E-state index is 0.100. The van der Waals surface area contributed by atoms with Gasteiger partial charge in [-0.15, -0.1) is 0 Å². The molecule has 1 aliphatic rings. The highest BCUT2D eigenvalue weighted by Crippen LogP contribution is 2.38. The van der Waals surface area contributed by atoms with Crippen LogP contribution in [0.2, 0.25) is 0 Å². The molecule has 3 heteroatoms. The Kier molecular flexibility index (Phi) is 3.13. The van der Waals surface area contributed by atoms with Gasteiger partial charge in [-0.1, -0.05) is 13.8 Å². The maximum Gasteiger partial charge on any atom is 0.130 e. The van der Waals surface area contributed by atoms with Crippen LogP contribution in [-0.2, 0) is 6.42 Å². The summed E-state index contributed by atoms with van der Waals surface area (Å²) in [6, 6.07) is 3.52. The van der Waals surface area contributed by atoms with E-state index in [1.54, 1.807) is 13.2 Å². The molecule has 1 saturated carbocycles. The van der Waals surface area contributed by atoms with E-state index >= 15 is 0 Å². The van der Waals surface area contributed by atoms with E-state index in [0.717, 1.165) is 24.8 Å². The molecule has 0 heterocycles. The SMILES string of the molecule is COc1cc(CC2(N)CC2)cc(F)c1C(C)C. The van der Waals surface area contributed by atoms with Gasteiger partial charge < -0.3 is 10.5 Å². The normalized spacial score (nSPS) is 17.3. The highest BCUT2D eigenvalue weighted by Gasteiger charge is 2.38. The third kappa shape index (κ3) is 2.60. The van der Waals surface area contributed by atoms with Crippen LogP contribution in [0.15, 0.2) is 12.1 Å². The molecular weight excluding hydrogens is 217 g/mol. The van der Waals surface area contributed by atoms with Crippen molar-refractivity contribution in [2.75, 3.05) is 7.11 Å². The van der Waals surface area contributed by atoms with Crippen molar-refractivity contribution in [1.29, 1.82) is 0 Å². The molecule has 0 saturated heterocycles. The molecule has 1 aliphatic carbocycles. The molecule has 2 nitrogen and oxygen atoms in total. The van der Waals surface area contributed by atoms with Crippen molar-refractivity contribution in [3.8, 4) is 5.75 Å². The molecule has 0 atom stereocenters. The molecule has 0 unspecified atom stereocenters. The van der Waals surface area contributed by atoms with E-state index in [4.69, 9.17) is 10.5 Å². The van der Waals surface area contributed by atoms with Crippen molar-refractivity contribution in [2.24, 2.45) is 5.73 Å². The van der Waals surface area contributed by atoms with E-state index in [1.807, 2.05) is 19.9 Å². The van der Waals surface area contributed by atoms with Crippen LogP contribution >= 0.6 is 0 Å². The molecular formula is C14H20FNO. The van der Waals surface area contributed by atoms with Gasteiger partial charge in [0.05, 0.1) is 7.11 Å². The van der Waals surface area contributed by atoms with E-state index < -0.39 is 0 Å². The minimum atomic E-state index is -0.182. The zero-order valence-electron chi connectivity index (χ0n) is 10.7. The standard InChI is InChI=1S/C14H20FNO/c1-9(2)13-11(15)6-10(7-12(13)17-3)8-14(16)4-5-14/h6-7,9H,4-5,8,16H2,1-3H3. The Labute approximate surface area is 102 Å². The third-order valence-electron chi connectivity index (χ3n) is 3.40. The average Bonchev–Trinajstić information content (AvgIpc) is 2.94. The van der Waals surface area contributed by atoms with E-state index in [2.05, 4.69) is 0 Å². The average molecular weight is 237 g/mol. The molecule has 0 aliphatic heterocycles.